The first-order chi connectivity index (χ1) is 7.81. The predicted octanol–water partition coefficient (Wildman–Crippen LogP) is 0.884. The Morgan fingerprint density at radius 2 is 2.56 bits per heavy atom. The SMILES string of the molecule is CCSC1=C(c2nnn[nH]2)N2C(=O)C[C@@H]2S1. The first kappa shape index (κ1) is 10.2. The van der Waals surface area contributed by atoms with E-state index in [2.05, 4.69) is 27.5 Å². The van der Waals surface area contributed by atoms with Crippen LogP contribution < -0.4 is 0 Å². The van der Waals surface area contributed by atoms with Crippen molar-refractivity contribution in [2.45, 2.75) is 18.7 Å². The Balaban J connectivity index is 2.01. The van der Waals surface area contributed by atoms with E-state index in [9.17, 15) is 4.79 Å². The van der Waals surface area contributed by atoms with Crippen molar-refractivity contribution >= 4 is 35.1 Å². The fourth-order valence-electron chi connectivity index (χ4n) is 1.73. The highest BCUT2D eigenvalue weighted by atomic mass is 32.2. The van der Waals surface area contributed by atoms with Gasteiger partial charge >= 0.3 is 0 Å². The molecule has 1 aromatic rings. The zero-order chi connectivity index (χ0) is 11.1. The summed E-state index contributed by atoms with van der Waals surface area (Å²) in [6, 6.07) is 0. The normalized spacial score (nSPS) is 23.7. The number of β-lactam (4-membered cyclic amide) rings is 1. The lowest BCUT2D eigenvalue weighted by molar-refractivity contribution is -0.136. The summed E-state index contributed by atoms with van der Waals surface area (Å²) in [4.78, 5) is 13.3. The molecule has 84 valence electrons. The number of carbonyl (C=O) groups excluding carboxylic acids is 1. The van der Waals surface area contributed by atoms with Crippen LogP contribution in [-0.4, -0.2) is 42.6 Å². The second-order valence-corrected chi connectivity index (χ2v) is 6.08. The lowest BCUT2D eigenvalue weighted by Crippen LogP contribution is -2.46. The number of aromatic amines is 1. The average Bonchev–Trinajstić information content (AvgIpc) is 2.84. The summed E-state index contributed by atoms with van der Waals surface area (Å²) < 4.78 is 1.14. The third-order valence-corrected chi connectivity index (χ3v) is 4.87. The molecule has 16 heavy (non-hydrogen) atoms. The van der Waals surface area contributed by atoms with E-state index in [1.165, 1.54) is 0 Å². The standard InChI is InChI=1S/C8H9N5OS2/c1-2-15-8-6(7-9-11-12-10-7)13-4(14)3-5(13)16-8/h5H,2-3H2,1H3,(H,9,10,11,12)/t5-/m0/s1. The van der Waals surface area contributed by atoms with E-state index in [0.29, 0.717) is 12.2 Å². The Morgan fingerprint density at radius 3 is 3.19 bits per heavy atom. The molecular weight excluding hydrogens is 246 g/mol. The summed E-state index contributed by atoms with van der Waals surface area (Å²) in [6.07, 6.45) is 0.615. The highest BCUT2D eigenvalue weighted by Crippen LogP contribution is 2.52. The maximum Gasteiger partial charge on any atom is 0.231 e. The van der Waals surface area contributed by atoms with Crippen molar-refractivity contribution in [3.63, 3.8) is 0 Å². The van der Waals surface area contributed by atoms with Crippen LogP contribution in [0.25, 0.3) is 5.70 Å². The summed E-state index contributed by atoms with van der Waals surface area (Å²) >= 11 is 3.46. The summed E-state index contributed by atoms with van der Waals surface area (Å²) in [5, 5.41) is 14.0. The number of hydrogen-bond acceptors (Lipinski definition) is 6. The molecule has 0 spiro atoms. The van der Waals surface area contributed by atoms with Gasteiger partial charge in [-0.2, -0.15) is 0 Å². The minimum absolute atomic E-state index is 0.149. The highest BCUT2D eigenvalue weighted by Gasteiger charge is 2.47. The van der Waals surface area contributed by atoms with E-state index in [0.717, 1.165) is 15.7 Å². The smallest absolute Gasteiger partial charge is 0.231 e. The van der Waals surface area contributed by atoms with E-state index in [4.69, 9.17) is 0 Å². The van der Waals surface area contributed by atoms with Gasteiger partial charge in [-0.15, -0.1) is 16.9 Å². The van der Waals surface area contributed by atoms with Crippen molar-refractivity contribution < 1.29 is 4.79 Å². The lowest BCUT2D eigenvalue weighted by Gasteiger charge is -2.34. The second kappa shape index (κ2) is 3.77. The van der Waals surface area contributed by atoms with Crippen molar-refractivity contribution in [2.24, 2.45) is 0 Å². The number of thioether (sulfide) groups is 2. The summed E-state index contributed by atoms with van der Waals surface area (Å²) in [5.41, 5.74) is 0.850. The van der Waals surface area contributed by atoms with Crippen LogP contribution in [0.2, 0.25) is 0 Å². The Hall–Kier alpha value is -1.02. The van der Waals surface area contributed by atoms with E-state index in [-0.39, 0.29) is 11.3 Å². The van der Waals surface area contributed by atoms with Crippen LogP contribution in [0.1, 0.15) is 19.2 Å². The Labute approximate surface area is 100 Å². The molecule has 8 heteroatoms. The van der Waals surface area contributed by atoms with Crippen LogP contribution >= 0.6 is 23.5 Å². The maximum absolute atomic E-state index is 11.6. The number of fused-ring (bicyclic) bond motifs is 1. The number of aromatic nitrogens is 4. The predicted molar refractivity (Wildman–Crippen MR) is 62.1 cm³/mol. The van der Waals surface area contributed by atoms with Crippen LogP contribution in [0.4, 0.5) is 0 Å². The van der Waals surface area contributed by atoms with Gasteiger partial charge in [0.25, 0.3) is 0 Å². The molecule has 3 heterocycles. The fourth-order valence-corrected chi connectivity index (χ4v) is 4.39. The van der Waals surface area contributed by atoms with Crippen LogP contribution in [-0.2, 0) is 4.79 Å². The van der Waals surface area contributed by atoms with Crippen LogP contribution in [0.15, 0.2) is 4.24 Å². The van der Waals surface area contributed by atoms with E-state index >= 15 is 0 Å². The summed E-state index contributed by atoms with van der Waals surface area (Å²) in [7, 11) is 0. The number of nitrogens with zero attached hydrogens (tertiary/aromatic N) is 4. The summed E-state index contributed by atoms with van der Waals surface area (Å²) in [5.74, 6) is 1.71. The fraction of sp³-hybridized carbons (Fsp3) is 0.500. The van der Waals surface area contributed by atoms with Gasteiger partial charge in [-0.1, -0.05) is 18.7 Å². The van der Waals surface area contributed by atoms with Crippen molar-refractivity contribution in [2.75, 3.05) is 5.75 Å². The largest absolute Gasteiger partial charge is 0.294 e. The molecule has 1 aromatic heterocycles. The number of amides is 1. The minimum Gasteiger partial charge on any atom is -0.294 e. The van der Waals surface area contributed by atoms with Crippen LogP contribution in [0, 0.1) is 0 Å². The van der Waals surface area contributed by atoms with Crippen molar-refractivity contribution in [1.82, 2.24) is 25.5 Å². The van der Waals surface area contributed by atoms with Crippen LogP contribution in [0.3, 0.4) is 0 Å². The molecule has 0 aliphatic carbocycles. The zero-order valence-corrected chi connectivity index (χ0v) is 10.1. The molecule has 6 nitrogen and oxygen atoms in total. The van der Waals surface area contributed by atoms with Crippen LogP contribution in [0.5, 0.6) is 0 Å². The molecule has 1 saturated heterocycles. The quantitative estimate of drug-likeness (QED) is 0.808. The summed E-state index contributed by atoms with van der Waals surface area (Å²) in [6.45, 7) is 2.09. The van der Waals surface area contributed by atoms with Gasteiger partial charge in [0.15, 0.2) is 5.82 Å². The third-order valence-electron chi connectivity index (χ3n) is 2.43. The monoisotopic (exact) mass is 255 g/mol. The number of rotatable bonds is 3. The number of carbonyl (C=O) groups is 1. The first-order valence-electron chi connectivity index (χ1n) is 4.91. The van der Waals surface area contributed by atoms with E-state index < -0.39 is 0 Å². The van der Waals surface area contributed by atoms with Gasteiger partial charge in [0, 0.05) is 0 Å². The average molecular weight is 255 g/mol. The van der Waals surface area contributed by atoms with Gasteiger partial charge in [0.1, 0.15) is 5.70 Å². The molecule has 1 atom stereocenters. The van der Waals surface area contributed by atoms with Crippen molar-refractivity contribution in [1.29, 1.82) is 0 Å². The number of nitrogens with one attached hydrogen (secondary N) is 1. The second-order valence-electron chi connectivity index (χ2n) is 3.36. The molecule has 2 aliphatic heterocycles. The topological polar surface area (TPSA) is 74.8 Å². The number of H-pyrrole nitrogens is 1. The van der Waals surface area contributed by atoms with Gasteiger partial charge in [-0.3, -0.25) is 9.69 Å². The third kappa shape index (κ3) is 1.36. The molecule has 0 saturated carbocycles. The number of tetrazole rings is 1. The van der Waals surface area contributed by atoms with Gasteiger partial charge in [0.2, 0.25) is 5.91 Å². The number of hydrogen-bond donors (Lipinski definition) is 1. The van der Waals surface area contributed by atoms with Gasteiger partial charge in [0.05, 0.1) is 16.0 Å². The zero-order valence-electron chi connectivity index (χ0n) is 8.51. The molecule has 2 aliphatic rings. The minimum atomic E-state index is 0.149. The van der Waals surface area contributed by atoms with E-state index in [1.807, 2.05) is 0 Å². The molecule has 3 rings (SSSR count). The molecule has 0 bridgehead atoms. The maximum atomic E-state index is 11.6. The Morgan fingerprint density at radius 1 is 1.69 bits per heavy atom. The molecule has 0 unspecified atom stereocenters. The van der Waals surface area contributed by atoms with E-state index in [1.54, 1.807) is 28.4 Å². The Kier molecular flexibility index (Phi) is 2.40. The van der Waals surface area contributed by atoms with Gasteiger partial charge in [-0.05, 0) is 16.2 Å². The first-order valence-corrected chi connectivity index (χ1v) is 6.77. The van der Waals surface area contributed by atoms with Gasteiger partial charge in [-0.25, -0.2) is 5.10 Å². The Bertz CT molecular complexity index is 457. The molecule has 1 N–H and O–H groups in total. The molecule has 1 amide bonds. The lowest BCUT2D eigenvalue weighted by atomic mass is 10.2. The highest BCUT2D eigenvalue weighted by molar-refractivity contribution is 8.23. The molecule has 1 fully saturated rings. The van der Waals surface area contributed by atoms with Crippen molar-refractivity contribution in [3.8, 4) is 0 Å². The molecule has 0 aromatic carbocycles. The van der Waals surface area contributed by atoms with Gasteiger partial charge < -0.3 is 0 Å². The van der Waals surface area contributed by atoms with Crippen molar-refractivity contribution in [3.05, 3.63) is 10.1 Å². The molecular formula is C8H9N5OS2. The molecule has 0 radical (unpaired) electrons.